The number of hydrogen-bond donors (Lipinski definition) is 0. The van der Waals surface area contributed by atoms with Crippen molar-refractivity contribution >= 4 is 24.1 Å². The van der Waals surface area contributed by atoms with Crippen LogP contribution in [0, 0.1) is 23.2 Å². The van der Waals surface area contributed by atoms with E-state index in [0.29, 0.717) is 6.42 Å². The maximum Gasteiger partial charge on any atom is 0.244 e. The van der Waals surface area contributed by atoms with Crippen LogP contribution in [0.2, 0.25) is 5.82 Å². The minimum Gasteiger partial charge on any atom is -0.278 e. The first-order chi connectivity index (χ1) is 10.0. The molecule has 106 valence electrons. The third kappa shape index (κ3) is 2.39. The van der Waals surface area contributed by atoms with E-state index in [2.05, 4.69) is 11.1 Å². The first-order valence-electron chi connectivity index (χ1n) is 6.79. The Kier molecular flexibility index (Phi) is 3.60. The zero-order valence-electron chi connectivity index (χ0n) is 11.3. The van der Waals surface area contributed by atoms with Gasteiger partial charge in [-0.15, -0.1) is 0 Å². The predicted octanol–water partition coefficient (Wildman–Crippen LogP) is 1.20. The minimum atomic E-state index is -3.64. The van der Waals surface area contributed by atoms with Gasteiger partial charge < -0.3 is 0 Å². The van der Waals surface area contributed by atoms with Crippen LogP contribution in [-0.2, 0) is 10.0 Å². The van der Waals surface area contributed by atoms with E-state index >= 15 is 0 Å². The van der Waals surface area contributed by atoms with E-state index in [4.69, 9.17) is 7.85 Å². The number of aliphatic imine (C=N–C) groups is 1. The van der Waals surface area contributed by atoms with Gasteiger partial charge in [0, 0.05) is 12.5 Å². The second kappa shape index (κ2) is 5.28. The first kappa shape index (κ1) is 14.3. The van der Waals surface area contributed by atoms with E-state index in [-0.39, 0.29) is 29.1 Å². The lowest BCUT2D eigenvalue weighted by atomic mass is 9.75. The molecule has 1 saturated heterocycles. The van der Waals surface area contributed by atoms with Gasteiger partial charge in [-0.3, -0.25) is 4.99 Å². The highest BCUT2D eigenvalue weighted by Crippen LogP contribution is 2.40. The molecule has 4 atom stereocenters. The van der Waals surface area contributed by atoms with Crippen molar-refractivity contribution in [3.63, 3.8) is 0 Å². The van der Waals surface area contributed by atoms with Crippen LogP contribution in [0.3, 0.4) is 0 Å². The van der Waals surface area contributed by atoms with Gasteiger partial charge >= 0.3 is 0 Å². The summed E-state index contributed by atoms with van der Waals surface area (Å²) in [6.07, 6.45) is 1.67. The number of fused-ring (bicyclic) bond motifs is 1. The molecule has 0 aromatic heterocycles. The third-order valence-corrected chi connectivity index (χ3v) is 5.91. The zero-order chi connectivity index (χ0) is 15.0. The second-order valence-corrected chi connectivity index (χ2v) is 7.29. The van der Waals surface area contributed by atoms with Gasteiger partial charge in [0.15, 0.2) is 0 Å². The molecule has 0 N–H and O–H groups in total. The lowest BCUT2D eigenvalue weighted by Crippen LogP contribution is -2.38. The Balaban J connectivity index is 2.00. The molecule has 7 heteroatoms. The SMILES string of the molecule is [B]C1C=NC2C(C1)C(C#N)CN2S(=O)(=O)c1ccccc1. The van der Waals surface area contributed by atoms with Crippen molar-refractivity contribution in [3.05, 3.63) is 30.3 Å². The standard InChI is InChI=1S/C14H14BN3O2S/c15-11-6-13-10(7-16)9-18(14(13)17-8-11)21(19,20)12-4-2-1-3-5-12/h1-5,8,10-11,13-14H,6,9H2. The smallest absolute Gasteiger partial charge is 0.244 e. The van der Waals surface area contributed by atoms with Crippen LogP contribution in [0.15, 0.2) is 40.2 Å². The Morgan fingerprint density at radius 2 is 2.05 bits per heavy atom. The van der Waals surface area contributed by atoms with E-state index in [1.807, 2.05) is 0 Å². The van der Waals surface area contributed by atoms with Crippen molar-refractivity contribution in [2.45, 2.75) is 23.3 Å². The van der Waals surface area contributed by atoms with E-state index in [9.17, 15) is 13.7 Å². The molecule has 0 bridgehead atoms. The molecular formula is C14H14BN3O2S. The lowest BCUT2D eigenvalue weighted by molar-refractivity contribution is 0.321. The van der Waals surface area contributed by atoms with E-state index in [1.54, 1.807) is 36.5 Å². The summed E-state index contributed by atoms with van der Waals surface area (Å²) in [6.45, 7) is 0.174. The van der Waals surface area contributed by atoms with E-state index in [1.165, 1.54) is 4.31 Å². The molecule has 2 radical (unpaired) electrons. The highest BCUT2D eigenvalue weighted by Gasteiger charge is 2.48. The van der Waals surface area contributed by atoms with Crippen LogP contribution in [0.5, 0.6) is 0 Å². The average molecular weight is 299 g/mol. The monoisotopic (exact) mass is 299 g/mol. The molecule has 2 aliphatic rings. The molecule has 0 amide bonds. The van der Waals surface area contributed by atoms with Crippen molar-refractivity contribution in [3.8, 4) is 6.07 Å². The Labute approximate surface area is 125 Å². The summed E-state index contributed by atoms with van der Waals surface area (Å²) in [5.41, 5.74) is 0. The molecule has 0 aliphatic carbocycles. The molecule has 3 rings (SSSR count). The Bertz CT molecular complexity index is 699. The van der Waals surface area contributed by atoms with E-state index in [0.717, 1.165) is 0 Å². The number of hydrogen-bond acceptors (Lipinski definition) is 4. The average Bonchev–Trinajstić information content (AvgIpc) is 2.86. The van der Waals surface area contributed by atoms with Crippen LogP contribution in [0.1, 0.15) is 6.42 Å². The van der Waals surface area contributed by atoms with Gasteiger partial charge in [0.1, 0.15) is 6.17 Å². The second-order valence-electron chi connectivity index (χ2n) is 5.40. The van der Waals surface area contributed by atoms with Gasteiger partial charge in [0.2, 0.25) is 10.0 Å². The van der Waals surface area contributed by atoms with Gasteiger partial charge in [-0.2, -0.15) is 9.57 Å². The maximum absolute atomic E-state index is 12.7. The Morgan fingerprint density at radius 1 is 1.33 bits per heavy atom. The lowest BCUT2D eigenvalue weighted by Gasteiger charge is -2.29. The fourth-order valence-corrected chi connectivity index (χ4v) is 4.63. The van der Waals surface area contributed by atoms with Crippen molar-refractivity contribution in [1.29, 1.82) is 5.26 Å². The zero-order valence-corrected chi connectivity index (χ0v) is 12.1. The highest BCUT2D eigenvalue weighted by molar-refractivity contribution is 7.89. The molecule has 0 saturated carbocycles. The minimum absolute atomic E-state index is 0.131. The van der Waals surface area contributed by atoms with Crippen molar-refractivity contribution < 1.29 is 8.42 Å². The molecule has 4 unspecified atom stereocenters. The summed E-state index contributed by atoms with van der Waals surface area (Å²) in [4.78, 5) is 4.52. The summed E-state index contributed by atoms with van der Waals surface area (Å²) in [6, 6.07) is 10.4. The number of nitrogens with zero attached hydrogens (tertiary/aromatic N) is 3. The first-order valence-corrected chi connectivity index (χ1v) is 8.23. The Morgan fingerprint density at radius 3 is 2.71 bits per heavy atom. The number of benzene rings is 1. The molecule has 1 aromatic carbocycles. The third-order valence-electron chi connectivity index (χ3n) is 4.06. The maximum atomic E-state index is 12.7. The largest absolute Gasteiger partial charge is 0.278 e. The topological polar surface area (TPSA) is 73.5 Å². The van der Waals surface area contributed by atoms with E-state index < -0.39 is 16.2 Å². The van der Waals surface area contributed by atoms with Gasteiger partial charge in [0.25, 0.3) is 0 Å². The van der Waals surface area contributed by atoms with Crippen molar-refractivity contribution in [2.75, 3.05) is 6.54 Å². The molecule has 21 heavy (non-hydrogen) atoms. The van der Waals surface area contributed by atoms with Gasteiger partial charge in [-0.1, -0.05) is 18.2 Å². The number of rotatable bonds is 2. The fraction of sp³-hybridized carbons (Fsp3) is 0.429. The van der Waals surface area contributed by atoms with Gasteiger partial charge in [-0.25, -0.2) is 8.42 Å². The molecule has 2 aliphatic heterocycles. The van der Waals surface area contributed by atoms with Crippen molar-refractivity contribution in [1.82, 2.24) is 4.31 Å². The fourth-order valence-electron chi connectivity index (χ4n) is 3.01. The summed E-state index contributed by atoms with van der Waals surface area (Å²) >= 11 is 0. The van der Waals surface area contributed by atoms with Gasteiger partial charge in [-0.05, 0) is 30.6 Å². The molecule has 5 nitrogen and oxygen atoms in total. The van der Waals surface area contributed by atoms with Crippen LogP contribution in [0.4, 0.5) is 0 Å². The summed E-state index contributed by atoms with van der Waals surface area (Å²) in [5, 5.41) is 9.28. The van der Waals surface area contributed by atoms with Crippen molar-refractivity contribution in [2.24, 2.45) is 16.8 Å². The summed E-state index contributed by atoms with van der Waals surface area (Å²) < 4.78 is 26.8. The Hall–Kier alpha value is -1.65. The van der Waals surface area contributed by atoms with Crippen LogP contribution in [-0.4, -0.2) is 39.5 Å². The summed E-state index contributed by atoms with van der Waals surface area (Å²) in [7, 11) is 2.20. The molecule has 0 spiro atoms. The normalized spacial score (nSPS) is 32.5. The highest BCUT2D eigenvalue weighted by atomic mass is 32.2. The van der Waals surface area contributed by atoms with Crippen LogP contribution < -0.4 is 0 Å². The predicted molar refractivity (Wildman–Crippen MR) is 79.3 cm³/mol. The van der Waals surface area contributed by atoms with Crippen LogP contribution in [0.25, 0.3) is 0 Å². The number of nitriles is 1. The molecule has 1 aromatic rings. The number of sulfonamides is 1. The molecular weight excluding hydrogens is 285 g/mol. The quantitative estimate of drug-likeness (QED) is 0.770. The molecule has 1 fully saturated rings. The van der Waals surface area contributed by atoms with Gasteiger partial charge in [0.05, 0.1) is 24.7 Å². The molecule has 2 heterocycles. The summed E-state index contributed by atoms with van der Waals surface area (Å²) in [5.74, 6) is -0.702. The van der Waals surface area contributed by atoms with Crippen LogP contribution >= 0.6 is 0 Å².